The molecule has 1 saturated heterocycles. The highest BCUT2D eigenvalue weighted by atomic mass is 16.3. The lowest BCUT2D eigenvalue weighted by atomic mass is 9.48. The number of rotatable bonds is 1. The van der Waals surface area contributed by atoms with Crippen molar-refractivity contribution in [2.75, 3.05) is 7.05 Å². The maximum atomic E-state index is 12.2. The summed E-state index contributed by atoms with van der Waals surface area (Å²) < 4.78 is 0. The Hall–Kier alpha value is -0.830. The fourth-order valence-electron chi connectivity index (χ4n) is 8.01. The van der Waals surface area contributed by atoms with E-state index in [1.807, 2.05) is 18.9 Å². The van der Waals surface area contributed by atoms with Crippen LogP contribution in [-0.2, 0) is 4.79 Å². The van der Waals surface area contributed by atoms with Gasteiger partial charge in [0.15, 0.2) is 0 Å². The van der Waals surface area contributed by atoms with Crippen molar-refractivity contribution >= 4 is 5.91 Å². The maximum Gasteiger partial charge on any atom is 0.226 e. The van der Waals surface area contributed by atoms with Crippen LogP contribution in [0.2, 0.25) is 0 Å². The number of fused-ring (bicyclic) bond motifs is 5. The van der Waals surface area contributed by atoms with Gasteiger partial charge in [-0.2, -0.15) is 0 Å². The van der Waals surface area contributed by atoms with E-state index in [1.54, 1.807) is 0 Å². The lowest BCUT2D eigenvalue weighted by molar-refractivity contribution is -0.136. The molecule has 3 nitrogen and oxygen atoms in total. The van der Waals surface area contributed by atoms with Crippen LogP contribution < -0.4 is 0 Å². The van der Waals surface area contributed by atoms with Gasteiger partial charge in [0.2, 0.25) is 5.91 Å². The molecule has 3 aliphatic carbocycles. The molecular weight excluding hydrogens is 310 g/mol. The predicted octanol–water partition coefficient (Wildman–Crippen LogP) is 4.22. The van der Waals surface area contributed by atoms with E-state index in [2.05, 4.69) is 26.8 Å². The zero-order chi connectivity index (χ0) is 18.1. The smallest absolute Gasteiger partial charge is 0.226 e. The first-order chi connectivity index (χ1) is 11.7. The number of hydrogen-bond donors (Lipinski definition) is 1. The van der Waals surface area contributed by atoms with Crippen LogP contribution in [0.15, 0.2) is 11.8 Å². The van der Waals surface area contributed by atoms with E-state index in [9.17, 15) is 9.90 Å². The molecule has 1 aliphatic heterocycles. The van der Waals surface area contributed by atoms with Crippen LogP contribution >= 0.6 is 0 Å². The van der Waals surface area contributed by atoms with E-state index in [0.717, 1.165) is 24.7 Å². The van der Waals surface area contributed by atoms with Crippen molar-refractivity contribution in [1.82, 2.24) is 4.90 Å². The van der Waals surface area contributed by atoms with E-state index < -0.39 is 0 Å². The summed E-state index contributed by atoms with van der Waals surface area (Å²) in [5, 5.41) is 10.5. The van der Waals surface area contributed by atoms with Crippen molar-refractivity contribution in [3.05, 3.63) is 11.8 Å². The fourth-order valence-corrected chi connectivity index (χ4v) is 8.01. The first-order valence-electron chi connectivity index (χ1n) is 10.4. The summed E-state index contributed by atoms with van der Waals surface area (Å²) in [6.45, 7) is 9.25. The van der Waals surface area contributed by atoms with Crippen LogP contribution in [-0.4, -0.2) is 29.1 Å². The van der Waals surface area contributed by atoms with E-state index in [0.29, 0.717) is 24.2 Å². The summed E-state index contributed by atoms with van der Waals surface area (Å²) in [4.78, 5) is 14.2. The molecule has 0 aromatic rings. The van der Waals surface area contributed by atoms with Crippen molar-refractivity contribution in [2.45, 2.75) is 72.3 Å². The molecule has 4 rings (SSSR count). The molecule has 0 bridgehead atoms. The highest BCUT2D eigenvalue weighted by Gasteiger charge is 2.61. The monoisotopic (exact) mass is 345 g/mol. The Kier molecular flexibility index (Phi) is 3.92. The van der Waals surface area contributed by atoms with Gasteiger partial charge in [-0.05, 0) is 74.0 Å². The van der Waals surface area contributed by atoms with E-state index in [1.165, 1.54) is 25.0 Å². The second-order valence-corrected chi connectivity index (χ2v) is 10.1. The molecule has 3 heteroatoms. The van der Waals surface area contributed by atoms with Crippen molar-refractivity contribution in [3.63, 3.8) is 0 Å². The van der Waals surface area contributed by atoms with E-state index in [4.69, 9.17) is 0 Å². The van der Waals surface area contributed by atoms with Crippen molar-refractivity contribution in [2.24, 2.45) is 40.4 Å². The minimum absolute atomic E-state index is 0.166. The van der Waals surface area contributed by atoms with Crippen molar-refractivity contribution < 1.29 is 9.90 Å². The Labute approximate surface area is 152 Å². The van der Waals surface area contributed by atoms with Gasteiger partial charge in [0, 0.05) is 24.6 Å². The minimum Gasteiger partial charge on any atom is -0.393 e. The van der Waals surface area contributed by atoms with Gasteiger partial charge in [0.1, 0.15) is 0 Å². The lowest BCUT2D eigenvalue weighted by Gasteiger charge is -2.58. The molecule has 1 heterocycles. The predicted molar refractivity (Wildman–Crippen MR) is 99.6 cm³/mol. The quantitative estimate of drug-likeness (QED) is 0.773. The maximum absolute atomic E-state index is 12.2. The number of carbonyl (C=O) groups excluding carboxylic acids is 1. The average Bonchev–Trinajstić information content (AvgIpc) is 2.81. The molecule has 0 unspecified atom stereocenters. The lowest BCUT2D eigenvalue weighted by Crippen LogP contribution is -2.54. The zero-order valence-corrected chi connectivity index (χ0v) is 16.6. The Balaban J connectivity index is 1.70. The fraction of sp³-hybridized carbons (Fsp3) is 0.864. The third-order valence-electron chi connectivity index (χ3n) is 8.98. The number of aliphatic hydroxyl groups is 1. The molecule has 0 radical (unpaired) electrons. The molecule has 0 aromatic carbocycles. The van der Waals surface area contributed by atoms with Gasteiger partial charge in [-0.25, -0.2) is 0 Å². The molecule has 3 fully saturated rings. The summed E-state index contributed by atoms with van der Waals surface area (Å²) in [6.07, 6.45) is 8.77. The Morgan fingerprint density at radius 1 is 1.28 bits per heavy atom. The van der Waals surface area contributed by atoms with Gasteiger partial charge in [0.05, 0.1) is 6.10 Å². The molecule has 2 saturated carbocycles. The van der Waals surface area contributed by atoms with Gasteiger partial charge < -0.3 is 10.0 Å². The van der Waals surface area contributed by atoms with E-state index >= 15 is 0 Å². The molecule has 1 N–H and O–H groups in total. The second-order valence-electron chi connectivity index (χ2n) is 10.1. The molecule has 4 aliphatic rings. The van der Waals surface area contributed by atoms with Gasteiger partial charge in [-0.3, -0.25) is 4.79 Å². The third kappa shape index (κ3) is 2.23. The summed E-state index contributed by atoms with van der Waals surface area (Å²) >= 11 is 0. The van der Waals surface area contributed by atoms with E-state index in [-0.39, 0.29) is 22.8 Å². The van der Waals surface area contributed by atoms with Crippen LogP contribution in [0, 0.1) is 40.4 Å². The van der Waals surface area contributed by atoms with Crippen LogP contribution in [0.25, 0.3) is 0 Å². The zero-order valence-electron chi connectivity index (χ0n) is 16.6. The highest BCUT2D eigenvalue weighted by molar-refractivity contribution is 5.79. The number of piperidine rings is 1. The Bertz CT molecular complexity index is 611. The number of nitrogens with zero attached hydrogens (tertiary/aromatic N) is 1. The van der Waals surface area contributed by atoms with Crippen LogP contribution in [0.4, 0.5) is 0 Å². The molecule has 25 heavy (non-hydrogen) atoms. The summed E-state index contributed by atoms with van der Waals surface area (Å²) in [7, 11) is 1.97. The first kappa shape index (κ1) is 17.6. The third-order valence-corrected chi connectivity index (χ3v) is 8.98. The number of likely N-dealkylation sites (tertiary alicyclic amines) is 1. The van der Waals surface area contributed by atoms with Gasteiger partial charge in [-0.15, -0.1) is 0 Å². The molecule has 140 valence electrons. The summed E-state index contributed by atoms with van der Waals surface area (Å²) in [5.41, 5.74) is 1.75. The molecule has 1 amide bonds. The highest BCUT2D eigenvalue weighted by Crippen LogP contribution is 2.67. The molecule has 0 spiro atoms. The normalized spacial score (nSPS) is 50.6. The number of aliphatic hydroxyl groups excluding tert-OH is 1. The minimum atomic E-state index is -0.203. The molecular formula is C22H35NO2. The van der Waals surface area contributed by atoms with Crippen molar-refractivity contribution in [3.8, 4) is 0 Å². The summed E-state index contributed by atoms with van der Waals surface area (Å²) in [6, 6.07) is 0. The summed E-state index contributed by atoms with van der Waals surface area (Å²) in [5.74, 6) is 3.47. The first-order valence-corrected chi connectivity index (χ1v) is 10.4. The van der Waals surface area contributed by atoms with Crippen LogP contribution in [0.1, 0.15) is 66.2 Å². The number of hydrogen-bond acceptors (Lipinski definition) is 2. The largest absolute Gasteiger partial charge is 0.393 e. The van der Waals surface area contributed by atoms with Gasteiger partial charge in [0.25, 0.3) is 0 Å². The number of allylic oxidation sites excluding steroid dienone is 2. The van der Waals surface area contributed by atoms with Crippen LogP contribution in [0.5, 0.6) is 0 Å². The van der Waals surface area contributed by atoms with Gasteiger partial charge >= 0.3 is 0 Å². The topological polar surface area (TPSA) is 40.5 Å². The number of carbonyl (C=O) groups is 1. The van der Waals surface area contributed by atoms with Crippen LogP contribution in [0.3, 0.4) is 0 Å². The van der Waals surface area contributed by atoms with Crippen molar-refractivity contribution in [1.29, 1.82) is 0 Å². The number of amides is 1. The molecule has 0 aromatic heterocycles. The molecule has 8 atom stereocenters. The SMILES string of the molecule is C[C@@H]1C[C@H]2[C@@H]3CC=C4N(C)C(=O)CC[C@]4(C)[C@H]3CC[C@]2(C)[C@H]1[C@@H](C)O. The van der Waals surface area contributed by atoms with Gasteiger partial charge in [-0.1, -0.05) is 26.8 Å². The second kappa shape index (κ2) is 5.58. The Morgan fingerprint density at radius 2 is 2.00 bits per heavy atom. The standard InChI is InChI=1S/C22H35NO2/c1-13-12-17-15-6-7-18-21(3,11-9-19(25)23(18)5)16(15)8-10-22(17,4)20(13)14(2)24/h7,13-17,20,24H,6,8-12H2,1-5H3/t13-,14-,15-,16+,17+,20-,21-,22+/m1/s1. The Morgan fingerprint density at radius 3 is 2.68 bits per heavy atom. The average molecular weight is 346 g/mol.